The second kappa shape index (κ2) is 5.45. The average molecular weight is 322 g/mol. The van der Waals surface area contributed by atoms with E-state index in [1.807, 2.05) is 0 Å². The highest BCUT2D eigenvalue weighted by molar-refractivity contribution is 6.39. The summed E-state index contributed by atoms with van der Waals surface area (Å²) in [6.07, 6.45) is 0. The van der Waals surface area contributed by atoms with E-state index < -0.39 is 17.4 Å². The van der Waals surface area contributed by atoms with Crippen LogP contribution in [-0.2, 0) is 0 Å². The Morgan fingerprint density at radius 1 is 0.842 bits per heavy atom. The molecule has 0 radical (unpaired) electrons. The summed E-state index contributed by atoms with van der Waals surface area (Å²) in [5.41, 5.74) is -0.0521. The number of rotatable bonds is 2. The topological polar surface area (TPSA) is 17.1 Å². The highest BCUT2D eigenvalue weighted by atomic mass is 35.5. The Bertz CT molecular complexity index is 671. The first-order chi connectivity index (χ1) is 8.90. The van der Waals surface area contributed by atoms with Crippen LogP contribution in [0.25, 0.3) is 0 Å². The maximum Gasteiger partial charge on any atom is 0.196 e. The van der Waals surface area contributed by atoms with Crippen LogP contribution in [-0.4, -0.2) is 5.78 Å². The fourth-order valence-electron chi connectivity index (χ4n) is 1.52. The predicted octanol–water partition coefficient (Wildman–Crippen LogP) is 5.16. The Morgan fingerprint density at radius 2 is 1.42 bits per heavy atom. The molecule has 0 spiro atoms. The lowest BCUT2D eigenvalue weighted by molar-refractivity contribution is 0.103. The molecule has 0 fully saturated rings. The molecule has 1 nitrogen and oxygen atoms in total. The van der Waals surface area contributed by atoms with Gasteiger partial charge in [-0.2, -0.15) is 0 Å². The third-order valence-corrected chi connectivity index (χ3v) is 3.29. The van der Waals surface area contributed by atoms with Gasteiger partial charge in [-0.15, -0.1) is 0 Å². The summed E-state index contributed by atoms with van der Waals surface area (Å²) < 4.78 is 26.1. The van der Waals surface area contributed by atoms with E-state index in [4.69, 9.17) is 34.8 Å². The summed E-state index contributed by atoms with van der Waals surface area (Å²) in [6.45, 7) is 0. The molecule has 0 bridgehead atoms. The summed E-state index contributed by atoms with van der Waals surface area (Å²) >= 11 is 17.3. The highest BCUT2D eigenvalue weighted by Crippen LogP contribution is 2.27. The van der Waals surface area contributed by atoms with Gasteiger partial charge < -0.3 is 0 Å². The normalized spacial score (nSPS) is 10.6. The van der Waals surface area contributed by atoms with Gasteiger partial charge in [0.1, 0.15) is 0 Å². The lowest BCUT2D eigenvalue weighted by Gasteiger charge is -2.06. The van der Waals surface area contributed by atoms with Gasteiger partial charge in [0.05, 0.1) is 10.0 Å². The molecule has 0 amide bonds. The Kier molecular flexibility index (Phi) is 4.09. The van der Waals surface area contributed by atoms with Gasteiger partial charge in [-0.3, -0.25) is 4.79 Å². The summed E-state index contributed by atoms with van der Waals surface area (Å²) in [4.78, 5) is 12.2. The van der Waals surface area contributed by atoms with Crippen molar-refractivity contribution in [1.82, 2.24) is 0 Å². The molecule has 0 atom stereocenters. The van der Waals surface area contributed by atoms with E-state index in [0.29, 0.717) is 5.02 Å². The van der Waals surface area contributed by atoms with E-state index in [-0.39, 0.29) is 21.2 Å². The Hall–Kier alpha value is -1.16. The van der Waals surface area contributed by atoms with Crippen molar-refractivity contribution in [2.45, 2.75) is 0 Å². The third kappa shape index (κ3) is 2.89. The zero-order valence-electron chi connectivity index (χ0n) is 9.18. The molecule has 0 N–H and O–H groups in total. The quantitative estimate of drug-likeness (QED) is 0.552. The molecule has 2 rings (SSSR count). The zero-order chi connectivity index (χ0) is 14.2. The maximum absolute atomic E-state index is 13.2. The lowest BCUT2D eigenvalue weighted by atomic mass is 10.0. The minimum Gasteiger partial charge on any atom is -0.288 e. The number of halogens is 5. The van der Waals surface area contributed by atoms with Gasteiger partial charge in [-0.25, -0.2) is 8.78 Å². The molecule has 6 heteroatoms. The molecular weight excluding hydrogens is 316 g/mol. The first-order valence-corrected chi connectivity index (χ1v) is 6.18. The lowest BCUT2D eigenvalue weighted by Crippen LogP contribution is -2.04. The third-order valence-electron chi connectivity index (χ3n) is 2.43. The van der Waals surface area contributed by atoms with E-state index in [1.165, 1.54) is 18.2 Å². The van der Waals surface area contributed by atoms with Crippen LogP contribution in [0.15, 0.2) is 30.3 Å². The molecule has 0 saturated heterocycles. The summed E-state index contributed by atoms with van der Waals surface area (Å²) in [6, 6.07) is 5.72. The van der Waals surface area contributed by atoms with Crippen LogP contribution in [0, 0.1) is 11.6 Å². The van der Waals surface area contributed by atoms with Gasteiger partial charge in [0.15, 0.2) is 17.4 Å². The minimum atomic E-state index is -1.15. The van der Waals surface area contributed by atoms with Crippen LogP contribution in [0.2, 0.25) is 15.1 Å². The van der Waals surface area contributed by atoms with E-state index in [2.05, 4.69) is 0 Å². The van der Waals surface area contributed by atoms with Crippen LogP contribution in [0.1, 0.15) is 15.9 Å². The maximum atomic E-state index is 13.2. The predicted molar refractivity (Wildman–Crippen MR) is 71.3 cm³/mol. The van der Waals surface area contributed by atoms with Crippen molar-refractivity contribution >= 4 is 40.6 Å². The van der Waals surface area contributed by atoms with Gasteiger partial charge in [-0.1, -0.05) is 34.8 Å². The van der Waals surface area contributed by atoms with Crippen LogP contribution >= 0.6 is 34.8 Å². The molecule has 0 aliphatic carbocycles. The molecule has 2 aromatic rings. The number of carbonyl (C=O) groups is 1. The van der Waals surface area contributed by atoms with Crippen molar-refractivity contribution in [3.05, 3.63) is 68.2 Å². The van der Waals surface area contributed by atoms with Gasteiger partial charge >= 0.3 is 0 Å². The molecule has 0 aliphatic heterocycles. The first-order valence-electron chi connectivity index (χ1n) is 5.04. The second-order valence-corrected chi connectivity index (χ2v) is 4.95. The SMILES string of the molecule is O=C(c1ccc(Cl)cc1Cl)c1cc(F)c(F)cc1Cl. The van der Waals surface area contributed by atoms with E-state index in [9.17, 15) is 13.6 Å². The van der Waals surface area contributed by atoms with E-state index >= 15 is 0 Å². The minimum absolute atomic E-state index is 0.110. The summed E-state index contributed by atoms with van der Waals surface area (Å²) in [5, 5.41) is 0.283. The highest BCUT2D eigenvalue weighted by Gasteiger charge is 2.18. The van der Waals surface area contributed by atoms with Crippen molar-refractivity contribution in [3.63, 3.8) is 0 Å². The van der Waals surface area contributed by atoms with Gasteiger partial charge in [0.2, 0.25) is 0 Å². The van der Waals surface area contributed by atoms with Crippen LogP contribution in [0.5, 0.6) is 0 Å². The molecule has 19 heavy (non-hydrogen) atoms. The van der Waals surface area contributed by atoms with Crippen LogP contribution in [0.4, 0.5) is 8.78 Å². The number of ketones is 1. The fraction of sp³-hybridized carbons (Fsp3) is 0. The average Bonchev–Trinajstić information content (AvgIpc) is 2.33. The molecular formula is C13H5Cl3F2O. The molecule has 0 aromatic heterocycles. The summed E-state index contributed by atoms with van der Waals surface area (Å²) in [5.74, 6) is -2.88. The van der Waals surface area contributed by atoms with Crippen LogP contribution < -0.4 is 0 Å². The number of hydrogen-bond acceptors (Lipinski definition) is 1. The molecule has 98 valence electrons. The van der Waals surface area contributed by atoms with E-state index in [0.717, 1.165) is 12.1 Å². The van der Waals surface area contributed by atoms with Gasteiger partial charge in [0.25, 0.3) is 0 Å². The monoisotopic (exact) mass is 320 g/mol. The smallest absolute Gasteiger partial charge is 0.196 e. The molecule has 0 heterocycles. The van der Waals surface area contributed by atoms with Gasteiger partial charge in [-0.05, 0) is 30.3 Å². The number of hydrogen-bond donors (Lipinski definition) is 0. The molecule has 0 unspecified atom stereocenters. The zero-order valence-corrected chi connectivity index (χ0v) is 11.5. The standard InChI is InChI=1S/C13H5Cl3F2O/c14-6-1-2-7(9(15)3-6)13(19)8-4-11(17)12(18)5-10(8)16/h1-5H. The van der Waals surface area contributed by atoms with Crippen molar-refractivity contribution < 1.29 is 13.6 Å². The largest absolute Gasteiger partial charge is 0.288 e. The summed E-state index contributed by atoms with van der Waals surface area (Å²) in [7, 11) is 0. The van der Waals surface area contributed by atoms with Crippen molar-refractivity contribution in [2.75, 3.05) is 0 Å². The van der Waals surface area contributed by atoms with Crippen molar-refractivity contribution in [3.8, 4) is 0 Å². The second-order valence-electron chi connectivity index (χ2n) is 3.70. The Balaban J connectivity index is 2.53. The fourth-order valence-corrected chi connectivity index (χ4v) is 2.25. The molecule has 0 aliphatic rings. The molecule has 0 saturated carbocycles. The number of benzene rings is 2. The van der Waals surface area contributed by atoms with Gasteiger partial charge in [0, 0.05) is 16.1 Å². The molecule has 2 aromatic carbocycles. The Labute approximate surface area is 122 Å². The van der Waals surface area contributed by atoms with Crippen molar-refractivity contribution in [2.24, 2.45) is 0 Å². The van der Waals surface area contributed by atoms with E-state index in [1.54, 1.807) is 0 Å². The van der Waals surface area contributed by atoms with Crippen molar-refractivity contribution in [1.29, 1.82) is 0 Å². The first kappa shape index (κ1) is 14.3. The Morgan fingerprint density at radius 3 is 2.05 bits per heavy atom. The number of carbonyl (C=O) groups excluding carboxylic acids is 1. The van der Waals surface area contributed by atoms with Crippen LogP contribution in [0.3, 0.4) is 0 Å².